The number of ether oxygens (including phenoxy) is 1. The minimum atomic E-state index is 0.127. The Morgan fingerprint density at radius 1 is 1.04 bits per heavy atom. The van der Waals surface area contributed by atoms with E-state index in [1.807, 2.05) is 29.2 Å². The molecule has 1 amide bonds. The predicted octanol–water partition coefficient (Wildman–Crippen LogP) is 2.97. The number of methoxy groups -OCH3 is 1. The molecule has 0 aliphatic carbocycles. The summed E-state index contributed by atoms with van der Waals surface area (Å²) >= 11 is 0. The van der Waals surface area contributed by atoms with Crippen molar-refractivity contribution in [3.63, 3.8) is 0 Å². The summed E-state index contributed by atoms with van der Waals surface area (Å²) in [7, 11) is 1.64. The van der Waals surface area contributed by atoms with Crippen LogP contribution in [-0.4, -0.2) is 48.5 Å². The molecule has 2 aromatic rings. The highest BCUT2D eigenvalue weighted by molar-refractivity contribution is 5.94. The maximum atomic E-state index is 12.7. The van der Waals surface area contributed by atoms with Crippen LogP contribution in [0.4, 0.5) is 0 Å². The number of likely N-dealkylation sites (tertiary alicyclic amines) is 1. The van der Waals surface area contributed by atoms with Crippen LogP contribution in [0.1, 0.15) is 27.9 Å². The smallest absolute Gasteiger partial charge is 0.253 e. The van der Waals surface area contributed by atoms with E-state index in [-0.39, 0.29) is 5.91 Å². The van der Waals surface area contributed by atoms with E-state index in [0.717, 1.165) is 50.3 Å². The summed E-state index contributed by atoms with van der Waals surface area (Å²) in [5.74, 6) is 0.908. The standard InChI is InChI=1S/C21H24N2O2/c1-25-20-8-6-17(7-9-20)21(24)23-13-11-19(15-23)22-12-10-16-4-2-3-5-18(16)14-22/h2-9,19H,10-15H2,1H3/t19-/m1/s1. The summed E-state index contributed by atoms with van der Waals surface area (Å²) < 4.78 is 5.17. The normalized spacial score (nSPS) is 20.4. The van der Waals surface area contributed by atoms with Gasteiger partial charge in [-0.05, 0) is 48.2 Å². The van der Waals surface area contributed by atoms with Crippen molar-refractivity contribution in [2.75, 3.05) is 26.7 Å². The fourth-order valence-corrected chi connectivity index (χ4v) is 3.97. The van der Waals surface area contributed by atoms with Crippen LogP contribution in [0.25, 0.3) is 0 Å². The molecule has 0 saturated carbocycles. The van der Waals surface area contributed by atoms with Gasteiger partial charge in [0.25, 0.3) is 5.91 Å². The molecule has 2 heterocycles. The lowest BCUT2D eigenvalue weighted by Crippen LogP contribution is -2.41. The Bertz CT molecular complexity index is 757. The van der Waals surface area contributed by atoms with Crippen LogP contribution < -0.4 is 4.74 Å². The van der Waals surface area contributed by atoms with Crippen molar-refractivity contribution in [2.24, 2.45) is 0 Å². The van der Waals surface area contributed by atoms with Crippen molar-refractivity contribution in [3.05, 3.63) is 65.2 Å². The van der Waals surface area contributed by atoms with E-state index in [1.54, 1.807) is 7.11 Å². The monoisotopic (exact) mass is 336 g/mol. The van der Waals surface area contributed by atoms with Gasteiger partial charge in [0.15, 0.2) is 0 Å². The molecule has 0 radical (unpaired) electrons. The van der Waals surface area contributed by atoms with Crippen molar-refractivity contribution in [1.82, 2.24) is 9.80 Å². The minimum absolute atomic E-state index is 0.127. The molecule has 1 saturated heterocycles. The molecule has 0 unspecified atom stereocenters. The second-order valence-corrected chi connectivity index (χ2v) is 6.91. The molecule has 2 aromatic carbocycles. The Hall–Kier alpha value is -2.33. The zero-order valence-corrected chi connectivity index (χ0v) is 14.6. The molecule has 4 heteroatoms. The lowest BCUT2D eigenvalue weighted by atomic mass is 9.98. The molecule has 2 aliphatic rings. The van der Waals surface area contributed by atoms with Crippen LogP contribution in [0, 0.1) is 0 Å². The highest BCUT2D eigenvalue weighted by Crippen LogP contribution is 2.25. The van der Waals surface area contributed by atoms with Crippen LogP contribution in [0.3, 0.4) is 0 Å². The molecule has 0 spiro atoms. The molecule has 4 nitrogen and oxygen atoms in total. The zero-order chi connectivity index (χ0) is 17.2. The summed E-state index contributed by atoms with van der Waals surface area (Å²) in [5.41, 5.74) is 3.65. The molecular formula is C21H24N2O2. The molecule has 0 N–H and O–H groups in total. The number of rotatable bonds is 3. The van der Waals surface area contributed by atoms with Gasteiger partial charge in [-0.3, -0.25) is 9.69 Å². The molecule has 4 rings (SSSR count). The largest absolute Gasteiger partial charge is 0.497 e. The first kappa shape index (κ1) is 16.2. The number of benzene rings is 2. The maximum absolute atomic E-state index is 12.7. The van der Waals surface area contributed by atoms with Gasteiger partial charge in [-0.15, -0.1) is 0 Å². The Balaban J connectivity index is 1.40. The SMILES string of the molecule is COc1ccc(C(=O)N2CC[C@@H](N3CCc4ccccc4C3)C2)cc1. The molecule has 130 valence electrons. The molecule has 1 atom stereocenters. The first-order valence-corrected chi connectivity index (χ1v) is 8.99. The van der Waals surface area contributed by atoms with Gasteiger partial charge < -0.3 is 9.64 Å². The Morgan fingerprint density at radius 2 is 1.80 bits per heavy atom. The first-order valence-electron chi connectivity index (χ1n) is 8.99. The fourth-order valence-electron chi connectivity index (χ4n) is 3.97. The summed E-state index contributed by atoms with van der Waals surface area (Å²) in [4.78, 5) is 17.3. The van der Waals surface area contributed by atoms with Gasteiger partial charge >= 0.3 is 0 Å². The van der Waals surface area contributed by atoms with Gasteiger partial charge in [0.2, 0.25) is 0 Å². The number of carbonyl (C=O) groups is 1. The maximum Gasteiger partial charge on any atom is 0.253 e. The predicted molar refractivity (Wildman–Crippen MR) is 97.9 cm³/mol. The quantitative estimate of drug-likeness (QED) is 0.864. The third-order valence-electron chi connectivity index (χ3n) is 5.46. The van der Waals surface area contributed by atoms with E-state index in [1.165, 1.54) is 11.1 Å². The van der Waals surface area contributed by atoms with Crippen molar-refractivity contribution >= 4 is 5.91 Å². The van der Waals surface area contributed by atoms with Gasteiger partial charge in [0.05, 0.1) is 7.11 Å². The highest BCUT2D eigenvalue weighted by Gasteiger charge is 2.32. The lowest BCUT2D eigenvalue weighted by molar-refractivity contribution is 0.0773. The van der Waals surface area contributed by atoms with Gasteiger partial charge in [0.1, 0.15) is 5.75 Å². The average Bonchev–Trinajstić information content (AvgIpc) is 3.17. The Labute approximate surface area is 149 Å². The summed E-state index contributed by atoms with van der Waals surface area (Å²) in [5, 5.41) is 0. The number of fused-ring (bicyclic) bond motifs is 1. The van der Waals surface area contributed by atoms with Gasteiger partial charge in [-0.2, -0.15) is 0 Å². The first-order chi connectivity index (χ1) is 12.2. The van der Waals surface area contributed by atoms with E-state index in [9.17, 15) is 4.79 Å². The molecular weight excluding hydrogens is 312 g/mol. The number of hydrogen-bond donors (Lipinski definition) is 0. The number of hydrogen-bond acceptors (Lipinski definition) is 3. The fraction of sp³-hybridized carbons (Fsp3) is 0.381. The number of carbonyl (C=O) groups excluding carboxylic acids is 1. The van der Waals surface area contributed by atoms with Gasteiger partial charge in [-0.1, -0.05) is 24.3 Å². The average molecular weight is 336 g/mol. The molecule has 2 aliphatic heterocycles. The lowest BCUT2D eigenvalue weighted by Gasteiger charge is -2.33. The van der Waals surface area contributed by atoms with E-state index in [4.69, 9.17) is 4.74 Å². The molecule has 1 fully saturated rings. The minimum Gasteiger partial charge on any atom is -0.497 e. The topological polar surface area (TPSA) is 32.8 Å². The van der Waals surface area contributed by atoms with E-state index < -0.39 is 0 Å². The third kappa shape index (κ3) is 3.27. The van der Waals surface area contributed by atoms with Crippen molar-refractivity contribution in [3.8, 4) is 5.75 Å². The van der Waals surface area contributed by atoms with Crippen LogP contribution in [0.15, 0.2) is 48.5 Å². The van der Waals surface area contributed by atoms with E-state index >= 15 is 0 Å². The number of amides is 1. The summed E-state index contributed by atoms with van der Waals surface area (Å²) in [6, 6.07) is 16.6. The summed E-state index contributed by atoms with van der Waals surface area (Å²) in [6.07, 6.45) is 2.17. The van der Waals surface area contributed by atoms with Crippen LogP contribution in [-0.2, 0) is 13.0 Å². The molecule has 0 aromatic heterocycles. The number of nitrogens with zero attached hydrogens (tertiary/aromatic N) is 2. The van der Waals surface area contributed by atoms with Gasteiger partial charge in [-0.25, -0.2) is 0 Å². The van der Waals surface area contributed by atoms with Crippen LogP contribution >= 0.6 is 0 Å². The second-order valence-electron chi connectivity index (χ2n) is 6.91. The highest BCUT2D eigenvalue weighted by atomic mass is 16.5. The van der Waals surface area contributed by atoms with Crippen molar-refractivity contribution < 1.29 is 9.53 Å². The Morgan fingerprint density at radius 3 is 2.56 bits per heavy atom. The van der Waals surface area contributed by atoms with Crippen molar-refractivity contribution in [1.29, 1.82) is 0 Å². The van der Waals surface area contributed by atoms with Crippen LogP contribution in [0.5, 0.6) is 5.75 Å². The van der Waals surface area contributed by atoms with Crippen LogP contribution in [0.2, 0.25) is 0 Å². The van der Waals surface area contributed by atoms with E-state index in [2.05, 4.69) is 29.2 Å². The molecule has 25 heavy (non-hydrogen) atoms. The zero-order valence-electron chi connectivity index (χ0n) is 14.6. The van der Waals surface area contributed by atoms with Gasteiger partial charge in [0, 0.05) is 37.8 Å². The van der Waals surface area contributed by atoms with E-state index in [0.29, 0.717) is 6.04 Å². The summed E-state index contributed by atoms with van der Waals surface area (Å²) in [6.45, 7) is 3.76. The molecule has 0 bridgehead atoms. The third-order valence-corrected chi connectivity index (χ3v) is 5.46. The van der Waals surface area contributed by atoms with Crippen molar-refractivity contribution in [2.45, 2.75) is 25.4 Å². The Kier molecular flexibility index (Phi) is 4.45. The second kappa shape index (κ2) is 6.89.